The summed E-state index contributed by atoms with van der Waals surface area (Å²) in [4.78, 5) is 14.5. The van der Waals surface area contributed by atoms with Gasteiger partial charge in [0.1, 0.15) is 5.52 Å². The van der Waals surface area contributed by atoms with Crippen molar-refractivity contribution in [3.63, 3.8) is 0 Å². The van der Waals surface area contributed by atoms with Crippen molar-refractivity contribution in [2.75, 3.05) is 13.1 Å². The van der Waals surface area contributed by atoms with E-state index in [1.165, 1.54) is 6.07 Å². The summed E-state index contributed by atoms with van der Waals surface area (Å²) < 4.78 is 14.8. The molecule has 5 heteroatoms. The van der Waals surface area contributed by atoms with E-state index < -0.39 is 5.82 Å². The van der Waals surface area contributed by atoms with E-state index in [0.717, 1.165) is 25.2 Å². The van der Waals surface area contributed by atoms with Crippen LogP contribution < -0.4 is 10.9 Å². The van der Waals surface area contributed by atoms with Crippen molar-refractivity contribution in [3.05, 3.63) is 40.3 Å². The molecule has 0 radical (unpaired) electrons. The van der Waals surface area contributed by atoms with E-state index >= 15 is 0 Å². The van der Waals surface area contributed by atoms with E-state index in [1.807, 2.05) is 0 Å². The maximum absolute atomic E-state index is 13.3. The normalized spacial score (nSPS) is 20.7. The zero-order chi connectivity index (χ0) is 11.1. The second-order valence-electron chi connectivity index (χ2n) is 4.15. The monoisotopic (exact) mass is 221 g/mol. The molecule has 1 unspecified atom stereocenters. The number of rotatable bonds is 1. The van der Waals surface area contributed by atoms with E-state index in [2.05, 4.69) is 10.3 Å². The minimum absolute atomic E-state index is 0.0923. The van der Waals surface area contributed by atoms with Gasteiger partial charge in [-0.1, -0.05) is 0 Å². The molecule has 0 spiro atoms. The number of hydrogen-bond acceptors (Lipinski definition) is 2. The molecular formula is C11H12FN3O. The van der Waals surface area contributed by atoms with Gasteiger partial charge in [-0.3, -0.25) is 4.79 Å². The van der Waals surface area contributed by atoms with Gasteiger partial charge in [0.25, 0.3) is 5.56 Å². The van der Waals surface area contributed by atoms with E-state index in [1.54, 1.807) is 16.8 Å². The lowest BCUT2D eigenvalue weighted by Gasteiger charge is -2.08. The first-order valence-electron chi connectivity index (χ1n) is 5.36. The Balaban J connectivity index is 2.17. The first-order valence-corrected chi connectivity index (χ1v) is 5.36. The molecule has 1 aliphatic heterocycles. The third kappa shape index (κ3) is 1.36. The predicted molar refractivity (Wildman–Crippen MR) is 58.2 cm³/mol. The van der Waals surface area contributed by atoms with Crippen LogP contribution in [0.5, 0.6) is 0 Å². The first kappa shape index (κ1) is 9.59. The highest BCUT2D eigenvalue weighted by molar-refractivity contribution is 5.47. The van der Waals surface area contributed by atoms with Gasteiger partial charge in [-0.2, -0.15) is 0 Å². The Hall–Kier alpha value is -1.62. The molecule has 2 aromatic heterocycles. The lowest BCUT2D eigenvalue weighted by Crippen LogP contribution is -2.17. The summed E-state index contributed by atoms with van der Waals surface area (Å²) in [5.74, 6) is -0.153. The number of aromatic nitrogens is 2. The van der Waals surface area contributed by atoms with E-state index in [-0.39, 0.29) is 11.1 Å². The Morgan fingerprint density at radius 2 is 2.38 bits per heavy atom. The molecule has 1 atom stereocenters. The SMILES string of the molecule is O=c1[nH]c(C2CCNC2)cn2ccc(F)c12. The fraction of sp³-hybridized carbons (Fsp3) is 0.364. The summed E-state index contributed by atoms with van der Waals surface area (Å²) in [6, 6.07) is 1.31. The third-order valence-corrected chi connectivity index (χ3v) is 3.12. The van der Waals surface area contributed by atoms with Crippen molar-refractivity contribution < 1.29 is 4.39 Å². The molecular weight excluding hydrogens is 209 g/mol. The molecule has 3 heterocycles. The number of aromatic amines is 1. The number of nitrogens with zero attached hydrogens (tertiary/aromatic N) is 1. The summed E-state index contributed by atoms with van der Waals surface area (Å²) in [6.45, 7) is 1.83. The fourth-order valence-corrected chi connectivity index (χ4v) is 2.26. The van der Waals surface area contributed by atoms with Crippen LogP contribution in [0.3, 0.4) is 0 Å². The van der Waals surface area contributed by atoms with Crippen molar-refractivity contribution in [1.29, 1.82) is 0 Å². The van der Waals surface area contributed by atoms with Gasteiger partial charge < -0.3 is 14.7 Å². The summed E-state index contributed by atoms with van der Waals surface area (Å²) in [5, 5.41) is 3.24. The van der Waals surface area contributed by atoms with Crippen LogP contribution in [0.15, 0.2) is 23.3 Å². The molecule has 0 amide bonds. The van der Waals surface area contributed by atoms with Crippen LogP contribution in [0.2, 0.25) is 0 Å². The number of nitrogens with one attached hydrogen (secondary N) is 2. The van der Waals surface area contributed by atoms with Crippen LogP contribution in [-0.4, -0.2) is 22.5 Å². The predicted octanol–water partition coefficient (Wildman–Crippen LogP) is 0.844. The molecule has 84 valence electrons. The van der Waals surface area contributed by atoms with Crippen LogP contribution in [0.1, 0.15) is 18.0 Å². The Bertz CT molecular complexity index is 580. The zero-order valence-corrected chi connectivity index (χ0v) is 8.66. The Kier molecular flexibility index (Phi) is 2.07. The van der Waals surface area contributed by atoms with Gasteiger partial charge in [-0.05, 0) is 19.0 Å². The molecule has 0 aromatic carbocycles. The number of H-pyrrole nitrogens is 1. The van der Waals surface area contributed by atoms with E-state index in [0.29, 0.717) is 5.92 Å². The Morgan fingerprint density at radius 1 is 1.50 bits per heavy atom. The Morgan fingerprint density at radius 3 is 3.12 bits per heavy atom. The molecule has 0 aliphatic carbocycles. The molecule has 2 N–H and O–H groups in total. The largest absolute Gasteiger partial charge is 0.323 e. The topological polar surface area (TPSA) is 49.3 Å². The fourth-order valence-electron chi connectivity index (χ4n) is 2.26. The average molecular weight is 221 g/mol. The standard InChI is InChI=1S/C11H12FN3O/c12-8-2-4-15-6-9(7-1-3-13-5-7)14-11(16)10(8)15/h2,4,6-7,13H,1,3,5H2,(H,14,16). The van der Waals surface area contributed by atoms with Gasteiger partial charge in [0.2, 0.25) is 0 Å². The van der Waals surface area contributed by atoms with Gasteiger partial charge in [-0.15, -0.1) is 0 Å². The lowest BCUT2D eigenvalue weighted by atomic mass is 10.1. The maximum Gasteiger partial charge on any atom is 0.275 e. The van der Waals surface area contributed by atoms with Crippen molar-refractivity contribution in [2.45, 2.75) is 12.3 Å². The maximum atomic E-state index is 13.3. The minimum Gasteiger partial charge on any atom is -0.323 e. The minimum atomic E-state index is -0.475. The molecule has 3 rings (SSSR count). The average Bonchev–Trinajstić information content (AvgIpc) is 2.87. The first-order chi connectivity index (χ1) is 7.75. The second kappa shape index (κ2) is 3.45. The molecule has 16 heavy (non-hydrogen) atoms. The van der Waals surface area contributed by atoms with Gasteiger partial charge in [0, 0.05) is 30.6 Å². The molecule has 1 aliphatic rings. The van der Waals surface area contributed by atoms with Crippen molar-refractivity contribution in [1.82, 2.24) is 14.7 Å². The van der Waals surface area contributed by atoms with Gasteiger partial charge in [0.05, 0.1) is 0 Å². The Labute approximate surface area is 91.1 Å². The molecule has 1 fully saturated rings. The van der Waals surface area contributed by atoms with E-state index in [4.69, 9.17) is 0 Å². The van der Waals surface area contributed by atoms with Crippen LogP contribution in [0.4, 0.5) is 4.39 Å². The highest BCUT2D eigenvalue weighted by atomic mass is 19.1. The third-order valence-electron chi connectivity index (χ3n) is 3.12. The van der Waals surface area contributed by atoms with Crippen molar-refractivity contribution >= 4 is 5.52 Å². The smallest absolute Gasteiger partial charge is 0.275 e. The molecule has 0 bridgehead atoms. The molecule has 4 nitrogen and oxygen atoms in total. The number of hydrogen-bond donors (Lipinski definition) is 2. The summed E-state index contributed by atoms with van der Waals surface area (Å²) >= 11 is 0. The van der Waals surface area contributed by atoms with Crippen LogP contribution >= 0.6 is 0 Å². The zero-order valence-electron chi connectivity index (χ0n) is 8.66. The van der Waals surface area contributed by atoms with E-state index in [9.17, 15) is 9.18 Å². The van der Waals surface area contributed by atoms with Crippen molar-refractivity contribution in [2.24, 2.45) is 0 Å². The quantitative estimate of drug-likeness (QED) is 0.749. The van der Waals surface area contributed by atoms with Gasteiger partial charge in [0.15, 0.2) is 5.82 Å². The van der Waals surface area contributed by atoms with Gasteiger partial charge in [-0.25, -0.2) is 4.39 Å². The summed E-state index contributed by atoms with van der Waals surface area (Å²) in [7, 11) is 0. The molecule has 0 saturated carbocycles. The molecule has 1 saturated heterocycles. The highest BCUT2D eigenvalue weighted by Crippen LogP contribution is 2.19. The summed E-state index contributed by atoms with van der Waals surface area (Å²) in [6.07, 6.45) is 4.38. The second-order valence-corrected chi connectivity index (χ2v) is 4.15. The summed E-state index contributed by atoms with van der Waals surface area (Å²) in [5.41, 5.74) is 0.611. The van der Waals surface area contributed by atoms with Crippen molar-refractivity contribution in [3.8, 4) is 0 Å². The number of halogens is 1. The highest BCUT2D eigenvalue weighted by Gasteiger charge is 2.19. The van der Waals surface area contributed by atoms with Crippen LogP contribution in [0, 0.1) is 5.82 Å². The molecule has 2 aromatic rings. The van der Waals surface area contributed by atoms with Crippen LogP contribution in [0.25, 0.3) is 5.52 Å². The number of fused-ring (bicyclic) bond motifs is 1. The lowest BCUT2D eigenvalue weighted by molar-refractivity contribution is 0.637. The van der Waals surface area contributed by atoms with Crippen LogP contribution in [-0.2, 0) is 0 Å². The van der Waals surface area contributed by atoms with Gasteiger partial charge >= 0.3 is 0 Å².